The molecule has 1 heterocycles. The van der Waals surface area contributed by atoms with Crippen LogP contribution in [0.3, 0.4) is 0 Å². The van der Waals surface area contributed by atoms with Crippen LogP contribution in [0.15, 0.2) is 30.5 Å². The van der Waals surface area contributed by atoms with Gasteiger partial charge in [0.05, 0.1) is 7.11 Å². The van der Waals surface area contributed by atoms with E-state index in [1.807, 2.05) is 24.3 Å². The fourth-order valence-electron chi connectivity index (χ4n) is 1.61. The molecule has 17 heavy (non-hydrogen) atoms. The molecule has 5 heteroatoms. The number of halogens is 1. The predicted octanol–water partition coefficient (Wildman–Crippen LogP) is 2.36. The fourth-order valence-corrected chi connectivity index (χ4v) is 1.84. The number of H-pyrrole nitrogens is 1. The SMILES string of the molecule is COc1cccc(Cl)c1CNCc1ccn[nH]1. The van der Waals surface area contributed by atoms with Gasteiger partial charge in [0.15, 0.2) is 0 Å². The van der Waals surface area contributed by atoms with E-state index < -0.39 is 0 Å². The molecule has 0 aliphatic heterocycles. The molecule has 2 N–H and O–H groups in total. The van der Waals surface area contributed by atoms with Gasteiger partial charge in [0.25, 0.3) is 0 Å². The van der Waals surface area contributed by atoms with E-state index in [0.29, 0.717) is 18.1 Å². The van der Waals surface area contributed by atoms with Crippen LogP contribution in [0.4, 0.5) is 0 Å². The van der Waals surface area contributed by atoms with Gasteiger partial charge in [-0.3, -0.25) is 5.10 Å². The third-order valence-corrected chi connectivity index (χ3v) is 2.83. The van der Waals surface area contributed by atoms with Gasteiger partial charge < -0.3 is 10.1 Å². The molecule has 0 radical (unpaired) electrons. The van der Waals surface area contributed by atoms with E-state index in [2.05, 4.69) is 15.5 Å². The molecule has 0 bridgehead atoms. The Morgan fingerprint density at radius 3 is 2.94 bits per heavy atom. The van der Waals surface area contributed by atoms with Crippen LogP contribution >= 0.6 is 11.6 Å². The third-order valence-electron chi connectivity index (χ3n) is 2.47. The Hall–Kier alpha value is -1.52. The first-order valence-electron chi connectivity index (χ1n) is 5.31. The van der Waals surface area contributed by atoms with Gasteiger partial charge in [0.2, 0.25) is 0 Å². The monoisotopic (exact) mass is 251 g/mol. The lowest BCUT2D eigenvalue weighted by Crippen LogP contribution is -2.14. The maximum absolute atomic E-state index is 6.13. The highest BCUT2D eigenvalue weighted by Gasteiger charge is 2.06. The van der Waals surface area contributed by atoms with Crippen molar-refractivity contribution in [2.75, 3.05) is 7.11 Å². The summed E-state index contributed by atoms with van der Waals surface area (Å²) in [4.78, 5) is 0. The zero-order valence-corrected chi connectivity index (χ0v) is 10.3. The van der Waals surface area contributed by atoms with Crippen molar-refractivity contribution in [3.05, 3.63) is 46.7 Å². The Morgan fingerprint density at radius 2 is 2.24 bits per heavy atom. The zero-order valence-electron chi connectivity index (χ0n) is 9.53. The van der Waals surface area contributed by atoms with Crippen molar-refractivity contribution in [3.8, 4) is 5.75 Å². The summed E-state index contributed by atoms with van der Waals surface area (Å²) >= 11 is 6.13. The largest absolute Gasteiger partial charge is 0.496 e. The first-order chi connectivity index (χ1) is 8.31. The Balaban J connectivity index is 1.98. The average Bonchev–Trinajstić information content (AvgIpc) is 2.84. The molecule has 0 spiro atoms. The molecule has 1 aromatic carbocycles. The van der Waals surface area contributed by atoms with Crippen LogP contribution in [0.25, 0.3) is 0 Å². The van der Waals surface area contributed by atoms with Crippen molar-refractivity contribution >= 4 is 11.6 Å². The van der Waals surface area contributed by atoms with Crippen LogP contribution in [0.1, 0.15) is 11.3 Å². The highest BCUT2D eigenvalue weighted by Crippen LogP contribution is 2.25. The second-order valence-corrected chi connectivity index (χ2v) is 4.01. The molecule has 1 aromatic heterocycles. The first kappa shape index (κ1) is 12.0. The molecule has 0 saturated carbocycles. The summed E-state index contributed by atoms with van der Waals surface area (Å²) in [6, 6.07) is 7.56. The highest BCUT2D eigenvalue weighted by atomic mass is 35.5. The van der Waals surface area contributed by atoms with Crippen LogP contribution in [-0.2, 0) is 13.1 Å². The minimum atomic E-state index is 0.655. The van der Waals surface area contributed by atoms with Gasteiger partial charge in [-0.25, -0.2) is 0 Å². The van der Waals surface area contributed by atoms with E-state index >= 15 is 0 Å². The van der Waals surface area contributed by atoms with E-state index in [0.717, 1.165) is 17.0 Å². The van der Waals surface area contributed by atoms with Gasteiger partial charge in [-0.05, 0) is 18.2 Å². The fraction of sp³-hybridized carbons (Fsp3) is 0.250. The Morgan fingerprint density at radius 1 is 1.35 bits per heavy atom. The van der Waals surface area contributed by atoms with Crippen molar-refractivity contribution in [2.24, 2.45) is 0 Å². The smallest absolute Gasteiger partial charge is 0.124 e. The number of methoxy groups -OCH3 is 1. The number of ether oxygens (including phenoxy) is 1. The van der Waals surface area contributed by atoms with Crippen LogP contribution in [0.5, 0.6) is 5.75 Å². The average molecular weight is 252 g/mol. The summed E-state index contributed by atoms with van der Waals surface area (Å²) in [5.74, 6) is 0.801. The van der Waals surface area contributed by atoms with Gasteiger partial charge >= 0.3 is 0 Å². The summed E-state index contributed by atoms with van der Waals surface area (Å²) in [6.45, 7) is 1.37. The third kappa shape index (κ3) is 2.99. The van der Waals surface area contributed by atoms with Gasteiger partial charge in [0.1, 0.15) is 5.75 Å². The number of nitrogens with zero attached hydrogens (tertiary/aromatic N) is 1. The van der Waals surface area contributed by atoms with Gasteiger partial charge in [-0.1, -0.05) is 17.7 Å². The van der Waals surface area contributed by atoms with Gasteiger partial charge in [0, 0.05) is 35.6 Å². The number of aromatic nitrogens is 2. The zero-order chi connectivity index (χ0) is 12.1. The quantitative estimate of drug-likeness (QED) is 0.858. The van der Waals surface area contributed by atoms with Crippen LogP contribution in [0.2, 0.25) is 5.02 Å². The summed E-state index contributed by atoms with van der Waals surface area (Å²) < 4.78 is 5.27. The number of benzene rings is 1. The lowest BCUT2D eigenvalue weighted by molar-refractivity contribution is 0.407. The molecule has 4 nitrogen and oxygen atoms in total. The molecule has 0 aliphatic carbocycles. The summed E-state index contributed by atoms with van der Waals surface area (Å²) in [6.07, 6.45) is 1.73. The van der Waals surface area contributed by atoms with Crippen molar-refractivity contribution in [2.45, 2.75) is 13.1 Å². The number of hydrogen-bond acceptors (Lipinski definition) is 3. The number of rotatable bonds is 5. The second-order valence-electron chi connectivity index (χ2n) is 3.61. The molecule has 2 rings (SSSR count). The first-order valence-corrected chi connectivity index (χ1v) is 5.69. The topological polar surface area (TPSA) is 49.9 Å². The van der Waals surface area contributed by atoms with E-state index in [-0.39, 0.29) is 0 Å². The molecule has 0 fully saturated rings. The standard InChI is InChI=1S/C12H14ClN3O/c1-17-12-4-2-3-11(13)10(12)8-14-7-9-5-6-15-16-9/h2-6,14H,7-8H2,1H3,(H,15,16). The Kier molecular flexibility index (Phi) is 4.01. The maximum atomic E-state index is 6.13. The molecule has 0 amide bonds. The molecule has 2 aromatic rings. The van der Waals surface area contributed by atoms with E-state index in [1.165, 1.54) is 0 Å². The van der Waals surface area contributed by atoms with Crippen molar-refractivity contribution < 1.29 is 4.74 Å². The van der Waals surface area contributed by atoms with Crippen LogP contribution in [0, 0.1) is 0 Å². The lowest BCUT2D eigenvalue weighted by Gasteiger charge is -2.10. The summed E-state index contributed by atoms with van der Waals surface area (Å²) in [5, 5.41) is 10.8. The van der Waals surface area contributed by atoms with E-state index in [1.54, 1.807) is 13.3 Å². The highest BCUT2D eigenvalue weighted by molar-refractivity contribution is 6.31. The van der Waals surface area contributed by atoms with Gasteiger partial charge in [-0.2, -0.15) is 5.10 Å². The van der Waals surface area contributed by atoms with E-state index in [4.69, 9.17) is 16.3 Å². The molecule has 0 atom stereocenters. The summed E-state index contributed by atoms with van der Waals surface area (Å²) in [5.41, 5.74) is 2.01. The molecule has 90 valence electrons. The van der Waals surface area contributed by atoms with Crippen LogP contribution in [-0.4, -0.2) is 17.3 Å². The minimum Gasteiger partial charge on any atom is -0.496 e. The van der Waals surface area contributed by atoms with Crippen molar-refractivity contribution in [1.82, 2.24) is 15.5 Å². The number of aromatic amines is 1. The van der Waals surface area contributed by atoms with Crippen molar-refractivity contribution in [3.63, 3.8) is 0 Å². The molecule has 0 saturated heterocycles. The maximum Gasteiger partial charge on any atom is 0.124 e. The second kappa shape index (κ2) is 5.70. The molecular formula is C12H14ClN3O. The predicted molar refractivity (Wildman–Crippen MR) is 67.1 cm³/mol. The Labute approximate surface area is 105 Å². The normalized spacial score (nSPS) is 10.5. The lowest BCUT2D eigenvalue weighted by atomic mass is 10.2. The molecular weight excluding hydrogens is 238 g/mol. The summed E-state index contributed by atoms with van der Waals surface area (Å²) in [7, 11) is 1.64. The molecule has 0 aliphatic rings. The molecule has 0 unspecified atom stereocenters. The number of nitrogens with one attached hydrogen (secondary N) is 2. The van der Waals surface area contributed by atoms with Crippen molar-refractivity contribution in [1.29, 1.82) is 0 Å². The minimum absolute atomic E-state index is 0.655. The number of hydrogen-bond donors (Lipinski definition) is 2. The van der Waals surface area contributed by atoms with Crippen LogP contribution < -0.4 is 10.1 Å². The Bertz CT molecular complexity index is 471. The van der Waals surface area contributed by atoms with Gasteiger partial charge in [-0.15, -0.1) is 0 Å². The van der Waals surface area contributed by atoms with E-state index in [9.17, 15) is 0 Å².